The summed E-state index contributed by atoms with van der Waals surface area (Å²) in [4.78, 5) is 73.0. The van der Waals surface area contributed by atoms with Gasteiger partial charge in [0.2, 0.25) is 0 Å². The molecule has 0 spiro atoms. The van der Waals surface area contributed by atoms with Gasteiger partial charge in [-0.1, -0.05) is 59.6 Å². The number of carbonyl (C=O) groups excluding carboxylic acids is 5. The highest BCUT2D eigenvalue weighted by molar-refractivity contribution is 6.36. The minimum Gasteiger partial charge on any atom is -0.477 e. The average molecular weight is 722 g/mol. The highest BCUT2D eigenvalue weighted by atomic mass is 35.5. The zero-order valence-corrected chi connectivity index (χ0v) is 28.9. The number of imide groups is 2. The largest absolute Gasteiger partial charge is 0.477 e. The molecule has 8 rings (SSSR count). The number of amides is 4. The number of nitrogens with zero attached hydrogens (tertiary/aromatic N) is 2. The molecule has 0 fully saturated rings. The maximum Gasteiger partial charge on any atom is 0.352 e. The molecule has 0 atom stereocenters. The van der Waals surface area contributed by atoms with Crippen LogP contribution in [-0.2, 0) is 14.1 Å². The number of hydrogen-bond donors (Lipinski definition) is 3. The van der Waals surface area contributed by atoms with Crippen LogP contribution in [0, 0.1) is 13.8 Å². The second-order valence-corrected chi connectivity index (χ2v) is 13.0. The lowest BCUT2D eigenvalue weighted by Gasteiger charge is -2.10. The highest BCUT2D eigenvalue weighted by Crippen LogP contribution is 2.42. The van der Waals surface area contributed by atoms with Crippen LogP contribution in [0.1, 0.15) is 73.5 Å². The first-order valence-electron chi connectivity index (χ1n) is 15.5. The average Bonchev–Trinajstić information content (AvgIpc) is 3.73. The van der Waals surface area contributed by atoms with Gasteiger partial charge < -0.3 is 14.2 Å². The Labute approximate surface area is 299 Å². The third kappa shape index (κ3) is 4.88. The molecule has 0 saturated heterocycles. The van der Waals surface area contributed by atoms with E-state index in [1.165, 1.54) is 4.57 Å². The third-order valence-electron chi connectivity index (χ3n) is 9.53. The number of aldehydes is 1. The Morgan fingerprint density at radius 3 is 1.49 bits per heavy atom. The Morgan fingerprint density at radius 2 is 1.06 bits per heavy atom. The Kier molecular flexibility index (Phi) is 7.92. The second kappa shape index (κ2) is 12.1. The van der Waals surface area contributed by atoms with Gasteiger partial charge in [-0.3, -0.25) is 34.6 Å². The Morgan fingerprint density at radius 1 is 0.647 bits per heavy atom. The van der Waals surface area contributed by atoms with Crippen molar-refractivity contribution < 1.29 is 33.9 Å². The fourth-order valence-electron chi connectivity index (χ4n) is 7.26. The standard InChI is InChI=1S/C19H13ClN2O4.C19H13ClN2O3/c1-8-13-12(22(2)16(8)19(25)26)7-10(9-5-3-4-6-11(9)20)14-15(13)18(24)21-17(14)23;1-9-14(8-23)22(2)13-7-11(10-5-3-4-6-12(10)20)16-17(15(9)13)19(25)21-18(16)24/h3-7H,1-2H3,(H,25,26)(H,21,23,24);3-8H,1-2H3,(H,21,24,25). The zero-order valence-electron chi connectivity index (χ0n) is 27.4. The lowest BCUT2D eigenvalue weighted by Crippen LogP contribution is -2.20. The second-order valence-electron chi connectivity index (χ2n) is 12.2. The Balaban J connectivity index is 0.000000159. The van der Waals surface area contributed by atoms with Crippen molar-refractivity contribution in [3.63, 3.8) is 0 Å². The van der Waals surface area contributed by atoms with E-state index in [2.05, 4.69) is 10.6 Å². The molecule has 2 aromatic heterocycles. The molecular formula is C38H26Cl2N4O7. The Hall–Kier alpha value is -6.04. The van der Waals surface area contributed by atoms with E-state index in [0.29, 0.717) is 82.1 Å². The summed E-state index contributed by atoms with van der Waals surface area (Å²) in [5.74, 6) is -3.05. The van der Waals surface area contributed by atoms with E-state index in [0.717, 1.165) is 6.29 Å². The SMILES string of the molecule is Cc1c(C(=O)O)n(C)c2cc(-c3ccccc3Cl)c3c(c12)C(=O)NC3=O.Cc1c(C=O)n(C)c2cc(-c3ccccc3Cl)c3c(c12)C(=O)NC3=O. The minimum absolute atomic E-state index is 0.0747. The summed E-state index contributed by atoms with van der Waals surface area (Å²) < 4.78 is 3.25. The summed E-state index contributed by atoms with van der Waals surface area (Å²) in [6.07, 6.45) is 0.756. The van der Waals surface area contributed by atoms with E-state index in [9.17, 15) is 33.9 Å². The summed E-state index contributed by atoms with van der Waals surface area (Å²) in [5.41, 5.74) is 6.31. The van der Waals surface area contributed by atoms with Gasteiger partial charge in [-0.05, 0) is 60.4 Å². The van der Waals surface area contributed by atoms with E-state index >= 15 is 0 Å². The number of hydrogen-bond acceptors (Lipinski definition) is 6. The molecule has 254 valence electrons. The molecule has 2 aliphatic heterocycles. The number of fused-ring (bicyclic) bond motifs is 6. The molecule has 3 N–H and O–H groups in total. The van der Waals surface area contributed by atoms with Crippen LogP contribution in [-0.4, -0.2) is 50.1 Å². The fourth-order valence-corrected chi connectivity index (χ4v) is 7.74. The summed E-state index contributed by atoms with van der Waals surface area (Å²) in [6.45, 7) is 3.41. The monoisotopic (exact) mass is 720 g/mol. The van der Waals surface area contributed by atoms with Gasteiger partial charge in [0.1, 0.15) is 5.69 Å². The van der Waals surface area contributed by atoms with Crippen LogP contribution in [0.25, 0.3) is 44.1 Å². The van der Waals surface area contributed by atoms with Crippen molar-refractivity contribution in [3.05, 3.63) is 115 Å². The molecular weight excluding hydrogens is 695 g/mol. The first kappa shape index (κ1) is 33.5. The molecule has 0 aliphatic carbocycles. The van der Waals surface area contributed by atoms with E-state index in [4.69, 9.17) is 23.2 Å². The summed E-state index contributed by atoms with van der Waals surface area (Å²) in [5, 5.41) is 16.2. The van der Waals surface area contributed by atoms with Crippen molar-refractivity contribution in [3.8, 4) is 22.3 Å². The zero-order chi connectivity index (χ0) is 36.6. The molecule has 0 bridgehead atoms. The van der Waals surface area contributed by atoms with Gasteiger partial charge in [0.15, 0.2) is 6.29 Å². The van der Waals surface area contributed by atoms with Crippen LogP contribution >= 0.6 is 23.2 Å². The van der Waals surface area contributed by atoms with Crippen molar-refractivity contribution in [1.29, 1.82) is 0 Å². The summed E-state index contributed by atoms with van der Waals surface area (Å²) in [6, 6.07) is 17.7. The molecule has 4 heterocycles. The summed E-state index contributed by atoms with van der Waals surface area (Å²) >= 11 is 12.6. The van der Waals surface area contributed by atoms with Crippen LogP contribution < -0.4 is 10.6 Å². The number of rotatable bonds is 4. The van der Waals surface area contributed by atoms with E-state index in [1.807, 2.05) is 12.1 Å². The molecule has 13 heteroatoms. The molecule has 11 nitrogen and oxygen atoms in total. The number of carbonyl (C=O) groups is 6. The number of aromatic carboxylic acids is 1. The number of carboxylic acids is 1. The van der Waals surface area contributed by atoms with Gasteiger partial charge in [0.05, 0.1) is 39.0 Å². The normalized spacial score (nSPS) is 13.2. The molecule has 6 aromatic rings. The fraction of sp³-hybridized carbons (Fsp3) is 0.105. The lowest BCUT2D eigenvalue weighted by molar-refractivity contribution is 0.0684. The third-order valence-corrected chi connectivity index (χ3v) is 10.2. The Bertz CT molecular complexity index is 2630. The van der Waals surface area contributed by atoms with Crippen molar-refractivity contribution >= 4 is 80.9 Å². The molecule has 0 radical (unpaired) electrons. The van der Waals surface area contributed by atoms with Gasteiger partial charge >= 0.3 is 5.97 Å². The number of carboxylic acid groups (broad SMARTS) is 1. The predicted molar refractivity (Wildman–Crippen MR) is 192 cm³/mol. The molecule has 2 aliphatic rings. The molecule has 51 heavy (non-hydrogen) atoms. The highest BCUT2D eigenvalue weighted by Gasteiger charge is 2.37. The van der Waals surface area contributed by atoms with E-state index in [1.54, 1.807) is 81.0 Å². The van der Waals surface area contributed by atoms with Crippen molar-refractivity contribution in [1.82, 2.24) is 19.8 Å². The summed E-state index contributed by atoms with van der Waals surface area (Å²) in [7, 11) is 3.38. The quantitative estimate of drug-likeness (QED) is 0.132. The van der Waals surface area contributed by atoms with Crippen LogP contribution in [0.5, 0.6) is 0 Å². The predicted octanol–water partition coefficient (Wildman–Crippen LogP) is 6.89. The van der Waals surface area contributed by atoms with Crippen LogP contribution in [0.2, 0.25) is 10.0 Å². The van der Waals surface area contributed by atoms with Gasteiger partial charge in [0.25, 0.3) is 23.6 Å². The van der Waals surface area contributed by atoms with Gasteiger partial charge in [-0.25, -0.2) is 4.79 Å². The minimum atomic E-state index is -1.10. The number of aryl methyl sites for hydroxylation is 4. The molecule has 0 unspecified atom stereocenters. The van der Waals surface area contributed by atoms with Crippen molar-refractivity contribution in [2.45, 2.75) is 13.8 Å². The first-order chi connectivity index (χ1) is 24.3. The molecule has 4 aromatic carbocycles. The van der Waals surface area contributed by atoms with Crippen molar-refractivity contribution in [2.75, 3.05) is 0 Å². The topological polar surface area (TPSA) is 157 Å². The van der Waals surface area contributed by atoms with Crippen LogP contribution in [0.4, 0.5) is 0 Å². The number of benzene rings is 4. The maximum absolute atomic E-state index is 12.5. The van der Waals surface area contributed by atoms with Crippen LogP contribution in [0.3, 0.4) is 0 Å². The molecule has 0 saturated carbocycles. The lowest BCUT2D eigenvalue weighted by atomic mass is 9.92. The number of halogens is 2. The smallest absolute Gasteiger partial charge is 0.352 e. The molecule has 4 amide bonds. The maximum atomic E-state index is 12.5. The van der Waals surface area contributed by atoms with Gasteiger partial charge in [-0.15, -0.1) is 0 Å². The van der Waals surface area contributed by atoms with Crippen molar-refractivity contribution in [2.24, 2.45) is 14.1 Å². The number of nitrogens with one attached hydrogen (secondary N) is 2. The van der Waals surface area contributed by atoms with Crippen LogP contribution in [0.15, 0.2) is 60.7 Å². The number of aromatic nitrogens is 2. The van der Waals surface area contributed by atoms with Gasteiger partial charge in [-0.2, -0.15) is 0 Å². The van der Waals surface area contributed by atoms with E-state index in [-0.39, 0.29) is 16.8 Å². The van der Waals surface area contributed by atoms with E-state index < -0.39 is 29.6 Å². The van der Waals surface area contributed by atoms with Gasteiger partial charge in [0, 0.05) is 46.0 Å². The first-order valence-corrected chi connectivity index (χ1v) is 16.3.